The molecule has 0 aromatic heterocycles. The number of carbonyl (C=O) groups excluding carboxylic acids is 1. The third kappa shape index (κ3) is 0.483. The molecular formula is C5H8N2O2. The molecule has 0 aromatic carbocycles. The normalized spacial score (nSPS) is 39.7. The Morgan fingerprint density at radius 3 is 2.67 bits per heavy atom. The number of nitrogens with two attached hydrogens (primary N) is 1. The van der Waals surface area contributed by atoms with Gasteiger partial charge in [-0.25, -0.2) is 15.6 Å². The zero-order valence-corrected chi connectivity index (χ0v) is 4.91. The van der Waals surface area contributed by atoms with Crippen LogP contribution >= 0.6 is 0 Å². The van der Waals surface area contributed by atoms with Crippen LogP contribution in [0, 0.1) is 0 Å². The molecule has 0 bridgehead atoms. The molecule has 1 heterocycles. The highest BCUT2D eigenvalue weighted by Gasteiger charge is 2.46. The van der Waals surface area contributed by atoms with Crippen molar-refractivity contribution in [2.45, 2.75) is 25.0 Å². The van der Waals surface area contributed by atoms with Crippen LogP contribution in [0.5, 0.6) is 0 Å². The lowest BCUT2D eigenvalue weighted by Crippen LogP contribution is -2.47. The van der Waals surface area contributed by atoms with E-state index in [0.29, 0.717) is 0 Å². The van der Waals surface area contributed by atoms with Crippen LogP contribution in [0.1, 0.15) is 12.8 Å². The van der Waals surface area contributed by atoms with Crippen molar-refractivity contribution in [3.8, 4) is 0 Å². The molecular weight excluding hydrogens is 120 g/mol. The van der Waals surface area contributed by atoms with Crippen molar-refractivity contribution < 1.29 is 9.53 Å². The molecule has 2 atom stereocenters. The summed E-state index contributed by atoms with van der Waals surface area (Å²) in [6.07, 6.45) is 1.70. The maximum absolute atomic E-state index is 10.6. The van der Waals surface area contributed by atoms with E-state index in [1.54, 1.807) is 0 Å². The fourth-order valence-electron chi connectivity index (χ4n) is 1.23. The largest absolute Gasteiger partial charge is 0.443 e. The number of amides is 1. The summed E-state index contributed by atoms with van der Waals surface area (Å²) < 4.78 is 4.83. The van der Waals surface area contributed by atoms with Gasteiger partial charge in [0.1, 0.15) is 6.10 Å². The van der Waals surface area contributed by atoms with E-state index in [1.807, 2.05) is 0 Å². The van der Waals surface area contributed by atoms with Crippen molar-refractivity contribution in [3.63, 3.8) is 0 Å². The Balaban J connectivity index is 2.16. The smallest absolute Gasteiger partial charge is 0.424 e. The molecule has 4 nitrogen and oxygen atoms in total. The lowest BCUT2D eigenvalue weighted by molar-refractivity contribution is 0.0844. The molecule has 2 N–H and O–H groups in total. The summed E-state index contributed by atoms with van der Waals surface area (Å²) in [5, 5.41) is 1.19. The summed E-state index contributed by atoms with van der Waals surface area (Å²) in [5.74, 6) is 5.32. The van der Waals surface area contributed by atoms with Gasteiger partial charge in [0.15, 0.2) is 0 Å². The van der Waals surface area contributed by atoms with Gasteiger partial charge < -0.3 is 4.74 Å². The SMILES string of the molecule is NN1C(=O)O[C@@H]2CC[C@@H]21. The van der Waals surface area contributed by atoms with E-state index in [0.717, 1.165) is 12.8 Å². The minimum Gasteiger partial charge on any atom is -0.443 e. The van der Waals surface area contributed by atoms with Crippen molar-refractivity contribution >= 4 is 6.09 Å². The first kappa shape index (κ1) is 5.05. The molecule has 0 radical (unpaired) electrons. The third-order valence-electron chi connectivity index (χ3n) is 2.00. The van der Waals surface area contributed by atoms with E-state index in [1.165, 1.54) is 5.01 Å². The molecule has 2 fully saturated rings. The van der Waals surface area contributed by atoms with Crippen LogP contribution < -0.4 is 5.84 Å². The summed E-state index contributed by atoms with van der Waals surface area (Å²) >= 11 is 0. The Labute approximate surface area is 52.5 Å². The van der Waals surface area contributed by atoms with Crippen LogP contribution in [0.25, 0.3) is 0 Å². The summed E-state index contributed by atoms with van der Waals surface area (Å²) in [7, 11) is 0. The van der Waals surface area contributed by atoms with Gasteiger partial charge in [0.25, 0.3) is 0 Å². The quantitative estimate of drug-likeness (QED) is 0.364. The minimum atomic E-state index is -0.373. The van der Waals surface area contributed by atoms with Crippen LogP contribution in [0.4, 0.5) is 4.79 Å². The maximum Gasteiger partial charge on any atom is 0.424 e. The van der Waals surface area contributed by atoms with Crippen LogP contribution in [0.3, 0.4) is 0 Å². The van der Waals surface area contributed by atoms with Gasteiger partial charge in [0.05, 0.1) is 6.04 Å². The summed E-state index contributed by atoms with van der Waals surface area (Å²) in [4.78, 5) is 10.6. The summed E-state index contributed by atoms with van der Waals surface area (Å²) in [5.41, 5.74) is 0. The van der Waals surface area contributed by atoms with Crippen LogP contribution in [0.2, 0.25) is 0 Å². The highest BCUT2D eigenvalue weighted by atomic mass is 16.6. The van der Waals surface area contributed by atoms with Crippen molar-refractivity contribution in [2.75, 3.05) is 0 Å². The zero-order valence-electron chi connectivity index (χ0n) is 4.91. The maximum atomic E-state index is 10.6. The first-order chi connectivity index (χ1) is 4.29. The lowest BCUT2D eigenvalue weighted by Gasteiger charge is -2.28. The van der Waals surface area contributed by atoms with Crippen LogP contribution in [-0.4, -0.2) is 23.2 Å². The number of fused-ring (bicyclic) bond motifs is 1. The Morgan fingerprint density at radius 1 is 1.67 bits per heavy atom. The molecule has 1 saturated heterocycles. The van der Waals surface area contributed by atoms with Gasteiger partial charge in [-0.2, -0.15) is 0 Å². The van der Waals surface area contributed by atoms with Crippen molar-refractivity contribution in [1.29, 1.82) is 0 Å². The third-order valence-corrected chi connectivity index (χ3v) is 2.00. The van der Waals surface area contributed by atoms with Gasteiger partial charge in [0.2, 0.25) is 0 Å². The first-order valence-electron chi connectivity index (χ1n) is 3.03. The fraction of sp³-hybridized carbons (Fsp3) is 0.800. The topological polar surface area (TPSA) is 55.6 Å². The number of rotatable bonds is 0. The highest BCUT2D eigenvalue weighted by molar-refractivity contribution is 5.70. The molecule has 0 spiro atoms. The number of ether oxygens (including phenoxy) is 1. The Kier molecular flexibility index (Phi) is 0.778. The molecule has 1 amide bonds. The predicted octanol–water partition coefficient (Wildman–Crippen LogP) is -0.157. The van der Waals surface area contributed by atoms with E-state index in [4.69, 9.17) is 10.6 Å². The lowest BCUT2D eigenvalue weighted by atomic mass is 9.90. The number of hydrazine groups is 1. The number of hydrogen-bond acceptors (Lipinski definition) is 3. The second kappa shape index (κ2) is 1.39. The van der Waals surface area contributed by atoms with Crippen molar-refractivity contribution in [3.05, 3.63) is 0 Å². The Morgan fingerprint density at radius 2 is 2.44 bits per heavy atom. The average molecular weight is 128 g/mol. The van der Waals surface area contributed by atoms with Crippen molar-refractivity contribution in [1.82, 2.24) is 5.01 Å². The van der Waals surface area contributed by atoms with Gasteiger partial charge in [-0.15, -0.1) is 0 Å². The van der Waals surface area contributed by atoms with Crippen molar-refractivity contribution in [2.24, 2.45) is 5.84 Å². The number of carbonyl (C=O) groups is 1. The van der Waals surface area contributed by atoms with E-state index >= 15 is 0 Å². The second-order valence-corrected chi connectivity index (χ2v) is 2.47. The van der Waals surface area contributed by atoms with Crippen LogP contribution in [0.15, 0.2) is 0 Å². The van der Waals surface area contributed by atoms with Gasteiger partial charge in [-0.3, -0.25) is 0 Å². The number of hydrogen-bond donors (Lipinski definition) is 1. The van der Waals surface area contributed by atoms with Gasteiger partial charge >= 0.3 is 6.09 Å². The predicted molar refractivity (Wildman–Crippen MR) is 29.3 cm³/mol. The van der Waals surface area contributed by atoms with E-state index in [9.17, 15) is 4.79 Å². The molecule has 1 aliphatic heterocycles. The molecule has 2 rings (SSSR count). The van der Waals surface area contributed by atoms with E-state index < -0.39 is 0 Å². The second-order valence-electron chi connectivity index (χ2n) is 2.47. The molecule has 50 valence electrons. The molecule has 2 aliphatic rings. The van der Waals surface area contributed by atoms with Crippen LogP contribution in [-0.2, 0) is 4.74 Å². The zero-order chi connectivity index (χ0) is 6.43. The molecule has 0 aromatic rings. The first-order valence-corrected chi connectivity index (χ1v) is 3.03. The summed E-state index contributed by atoms with van der Waals surface area (Å²) in [6, 6.07) is 0.178. The van der Waals surface area contributed by atoms with Gasteiger partial charge in [-0.1, -0.05) is 0 Å². The summed E-state index contributed by atoms with van der Waals surface area (Å²) in [6.45, 7) is 0. The Bertz CT molecular complexity index is 159. The molecule has 9 heavy (non-hydrogen) atoms. The minimum absolute atomic E-state index is 0.0995. The number of nitrogens with zero attached hydrogens (tertiary/aromatic N) is 1. The van der Waals surface area contributed by atoms with E-state index in [-0.39, 0.29) is 18.2 Å². The van der Waals surface area contributed by atoms with Gasteiger partial charge in [0, 0.05) is 0 Å². The molecule has 1 saturated carbocycles. The standard InChI is InChI=1S/C5H8N2O2/c6-7-3-1-2-4(3)9-5(7)8/h3-4H,1-2,6H2/t3-,4+/m0/s1. The average Bonchev–Trinajstić information content (AvgIpc) is 1.92. The van der Waals surface area contributed by atoms with E-state index in [2.05, 4.69) is 0 Å². The van der Waals surface area contributed by atoms with Gasteiger partial charge in [-0.05, 0) is 12.8 Å². The molecule has 1 aliphatic carbocycles. The fourth-order valence-corrected chi connectivity index (χ4v) is 1.23. The molecule has 4 heteroatoms. The Hall–Kier alpha value is -0.770. The molecule has 0 unspecified atom stereocenters. The monoisotopic (exact) mass is 128 g/mol. The highest BCUT2D eigenvalue weighted by Crippen LogP contribution is 2.32.